The van der Waals surface area contributed by atoms with E-state index in [9.17, 15) is 0 Å². The van der Waals surface area contributed by atoms with Gasteiger partial charge in [-0.1, -0.05) is 117 Å². The van der Waals surface area contributed by atoms with Crippen molar-refractivity contribution in [3.8, 4) is 16.8 Å². The van der Waals surface area contributed by atoms with Crippen LogP contribution in [0.15, 0.2) is 158 Å². The SMILES string of the molecule is CC1(C)c2ccc3c(c2N(c2ccccc2)c2ccc4[nH]c5ccccc5c4c21)c1ccccc1n3-c1ccc(-c2ccccc2)cc1. The van der Waals surface area contributed by atoms with Crippen LogP contribution in [0, 0.1) is 0 Å². The minimum Gasteiger partial charge on any atom is -0.354 e. The largest absolute Gasteiger partial charge is 0.354 e. The highest BCUT2D eigenvalue weighted by Crippen LogP contribution is 2.57. The molecule has 48 heavy (non-hydrogen) atoms. The van der Waals surface area contributed by atoms with Crippen LogP contribution in [0.1, 0.15) is 25.0 Å². The smallest absolute Gasteiger partial charge is 0.0602 e. The van der Waals surface area contributed by atoms with Gasteiger partial charge in [-0.05, 0) is 76.9 Å². The number of H-pyrrole nitrogens is 1. The number of nitrogens with one attached hydrogen (secondary N) is 1. The number of rotatable bonds is 3. The van der Waals surface area contributed by atoms with Gasteiger partial charge < -0.3 is 14.5 Å². The normalized spacial score (nSPS) is 13.8. The van der Waals surface area contributed by atoms with Gasteiger partial charge in [0.15, 0.2) is 0 Å². The molecule has 0 atom stereocenters. The fourth-order valence-corrected chi connectivity index (χ4v) is 8.34. The van der Waals surface area contributed by atoms with E-state index >= 15 is 0 Å². The predicted molar refractivity (Wildman–Crippen MR) is 202 cm³/mol. The van der Waals surface area contributed by atoms with E-state index in [1.165, 1.54) is 77.2 Å². The molecule has 1 N–H and O–H groups in total. The highest BCUT2D eigenvalue weighted by Gasteiger charge is 2.40. The summed E-state index contributed by atoms with van der Waals surface area (Å²) in [5, 5.41) is 5.10. The quantitative estimate of drug-likeness (QED) is 0.210. The van der Waals surface area contributed by atoms with Crippen molar-refractivity contribution in [1.82, 2.24) is 9.55 Å². The maximum atomic E-state index is 3.71. The zero-order chi connectivity index (χ0) is 32.0. The molecule has 0 spiro atoms. The van der Waals surface area contributed by atoms with Crippen LogP contribution in [0.5, 0.6) is 0 Å². The topological polar surface area (TPSA) is 24.0 Å². The second-order valence-corrected chi connectivity index (χ2v) is 13.5. The molecule has 0 aliphatic carbocycles. The van der Waals surface area contributed by atoms with Gasteiger partial charge in [0.1, 0.15) is 0 Å². The van der Waals surface area contributed by atoms with Crippen molar-refractivity contribution in [2.75, 3.05) is 4.90 Å². The Kier molecular flexibility index (Phi) is 5.63. The molecule has 2 aromatic heterocycles. The number of aromatic amines is 1. The minimum atomic E-state index is -0.269. The molecular weight excluding hydrogens is 583 g/mol. The second kappa shape index (κ2) is 9.97. The van der Waals surface area contributed by atoms with Gasteiger partial charge in [-0.25, -0.2) is 0 Å². The highest BCUT2D eigenvalue weighted by molar-refractivity contribution is 6.20. The lowest BCUT2D eigenvalue weighted by Crippen LogP contribution is -2.31. The highest BCUT2D eigenvalue weighted by atomic mass is 15.2. The second-order valence-electron chi connectivity index (χ2n) is 13.5. The molecule has 9 aromatic rings. The number of benzene rings is 7. The van der Waals surface area contributed by atoms with Crippen LogP contribution in [-0.2, 0) is 5.41 Å². The molecule has 0 radical (unpaired) electrons. The first-order valence-electron chi connectivity index (χ1n) is 16.7. The molecule has 0 fully saturated rings. The first-order chi connectivity index (χ1) is 23.6. The van der Waals surface area contributed by atoms with Gasteiger partial charge in [-0.15, -0.1) is 0 Å². The van der Waals surface area contributed by atoms with E-state index in [0.29, 0.717) is 0 Å². The summed E-state index contributed by atoms with van der Waals surface area (Å²) in [5.74, 6) is 0. The zero-order valence-electron chi connectivity index (χ0n) is 26.9. The molecule has 3 heterocycles. The molecule has 1 aliphatic rings. The third-order valence-corrected chi connectivity index (χ3v) is 10.5. The van der Waals surface area contributed by atoms with E-state index in [1.54, 1.807) is 0 Å². The fourth-order valence-electron chi connectivity index (χ4n) is 8.34. The monoisotopic (exact) mass is 615 g/mol. The maximum absolute atomic E-state index is 3.71. The van der Waals surface area contributed by atoms with Gasteiger partial charge in [0.2, 0.25) is 0 Å². The van der Waals surface area contributed by atoms with Gasteiger partial charge in [0.05, 0.1) is 22.4 Å². The molecule has 0 bridgehead atoms. The summed E-state index contributed by atoms with van der Waals surface area (Å²) in [6.45, 7) is 4.81. The van der Waals surface area contributed by atoms with E-state index < -0.39 is 0 Å². The summed E-state index contributed by atoms with van der Waals surface area (Å²) < 4.78 is 2.44. The van der Waals surface area contributed by atoms with Crippen molar-refractivity contribution in [2.45, 2.75) is 19.3 Å². The zero-order valence-corrected chi connectivity index (χ0v) is 26.9. The van der Waals surface area contributed by atoms with Crippen molar-refractivity contribution in [1.29, 1.82) is 0 Å². The van der Waals surface area contributed by atoms with Crippen LogP contribution < -0.4 is 4.90 Å². The van der Waals surface area contributed by atoms with Gasteiger partial charge in [-0.2, -0.15) is 0 Å². The molecule has 0 saturated carbocycles. The summed E-state index contributed by atoms with van der Waals surface area (Å²) in [7, 11) is 0. The van der Waals surface area contributed by atoms with Crippen LogP contribution >= 0.6 is 0 Å². The van der Waals surface area contributed by atoms with Gasteiger partial charge in [0.25, 0.3) is 0 Å². The van der Waals surface area contributed by atoms with Crippen molar-refractivity contribution in [3.63, 3.8) is 0 Å². The summed E-state index contributed by atoms with van der Waals surface area (Å²) in [5.41, 5.74) is 14.4. The van der Waals surface area contributed by atoms with E-state index in [0.717, 1.165) is 11.4 Å². The Morgan fingerprint density at radius 2 is 1.15 bits per heavy atom. The number of hydrogen-bond acceptors (Lipinski definition) is 1. The molecule has 10 rings (SSSR count). The van der Waals surface area contributed by atoms with Crippen molar-refractivity contribution < 1.29 is 0 Å². The Bertz CT molecular complexity index is 2680. The summed E-state index contributed by atoms with van der Waals surface area (Å²) in [4.78, 5) is 6.23. The summed E-state index contributed by atoms with van der Waals surface area (Å²) in [6, 6.07) is 57.4. The number of para-hydroxylation sites is 3. The summed E-state index contributed by atoms with van der Waals surface area (Å²) >= 11 is 0. The maximum Gasteiger partial charge on any atom is 0.0602 e. The number of fused-ring (bicyclic) bond motifs is 10. The van der Waals surface area contributed by atoms with Crippen molar-refractivity contribution in [3.05, 3.63) is 169 Å². The number of aromatic nitrogens is 2. The third-order valence-electron chi connectivity index (χ3n) is 10.5. The third kappa shape index (κ3) is 3.70. The molecule has 1 aliphatic heterocycles. The minimum absolute atomic E-state index is 0.269. The van der Waals surface area contributed by atoms with Crippen molar-refractivity contribution in [2.24, 2.45) is 0 Å². The van der Waals surface area contributed by atoms with E-state index in [2.05, 4.69) is 186 Å². The fraction of sp³-hybridized carbons (Fsp3) is 0.0667. The van der Waals surface area contributed by atoms with E-state index in [-0.39, 0.29) is 5.41 Å². The Balaban J connectivity index is 1.30. The molecular formula is C45H33N3. The van der Waals surface area contributed by atoms with E-state index in [1.807, 2.05) is 0 Å². The van der Waals surface area contributed by atoms with Crippen molar-refractivity contribution >= 4 is 60.7 Å². The van der Waals surface area contributed by atoms with Crippen LogP contribution in [-0.4, -0.2) is 9.55 Å². The number of anilines is 3. The Morgan fingerprint density at radius 1 is 0.479 bits per heavy atom. The molecule has 0 amide bonds. The van der Waals surface area contributed by atoms with E-state index in [4.69, 9.17) is 0 Å². The van der Waals surface area contributed by atoms with Crippen LogP contribution in [0.4, 0.5) is 17.1 Å². The Morgan fingerprint density at radius 3 is 1.94 bits per heavy atom. The predicted octanol–water partition coefficient (Wildman–Crippen LogP) is 12.2. The molecule has 3 heteroatoms. The first-order valence-corrected chi connectivity index (χ1v) is 16.7. The van der Waals surface area contributed by atoms with Crippen LogP contribution in [0.25, 0.3) is 60.4 Å². The summed E-state index contributed by atoms with van der Waals surface area (Å²) in [6.07, 6.45) is 0. The average molecular weight is 616 g/mol. The number of hydrogen-bond donors (Lipinski definition) is 1. The molecule has 228 valence electrons. The molecule has 0 saturated heterocycles. The van der Waals surface area contributed by atoms with Crippen LogP contribution in [0.3, 0.4) is 0 Å². The standard InChI is InChI=1S/C45H33N3/c1-45(2)35-25-27-39-42(34-18-10-12-20-38(34)47(39)32-23-21-30(22-24-32)29-13-5-3-6-14-29)44(35)48(31-15-7-4-8-16-31)40-28-26-37-41(43(40)45)33-17-9-11-19-36(33)46-37/h3-28,46H,1-2H3. The average Bonchev–Trinajstić information content (AvgIpc) is 3.68. The lowest BCUT2D eigenvalue weighted by molar-refractivity contribution is 0.639. The lowest BCUT2D eigenvalue weighted by Gasteiger charge is -2.43. The first kappa shape index (κ1) is 27.1. The molecule has 3 nitrogen and oxygen atoms in total. The van der Waals surface area contributed by atoms with Gasteiger partial charge >= 0.3 is 0 Å². The van der Waals surface area contributed by atoms with Gasteiger partial charge in [-0.3, -0.25) is 0 Å². The Hall–Kier alpha value is -6.06. The lowest BCUT2D eigenvalue weighted by atomic mass is 9.71. The number of nitrogens with zero attached hydrogens (tertiary/aromatic N) is 2. The van der Waals surface area contributed by atoms with Crippen LogP contribution in [0.2, 0.25) is 0 Å². The van der Waals surface area contributed by atoms with Gasteiger partial charge in [0, 0.05) is 49.4 Å². The molecule has 0 unspecified atom stereocenters. The molecule has 7 aromatic carbocycles. The Labute approximate surface area is 279 Å².